The fraction of sp³-hybridized carbons (Fsp3) is 0.143. The Kier molecular flexibility index (Phi) is 5.76. The van der Waals surface area contributed by atoms with Gasteiger partial charge >= 0.3 is 0 Å². The number of hydrazone groups is 1. The van der Waals surface area contributed by atoms with Crippen LogP contribution in [0.5, 0.6) is 11.5 Å². The SMILES string of the molecule is C=CCOc1ccc(/C=C2/C(=O)N(c3cccc(Br)c3)N=C2C)cc1OC. The van der Waals surface area contributed by atoms with Crippen molar-refractivity contribution in [3.8, 4) is 11.5 Å². The number of ether oxygens (including phenoxy) is 2. The van der Waals surface area contributed by atoms with Crippen LogP contribution < -0.4 is 14.5 Å². The number of nitrogens with zero attached hydrogens (tertiary/aromatic N) is 2. The molecule has 27 heavy (non-hydrogen) atoms. The van der Waals surface area contributed by atoms with Gasteiger partial charge in [-0.1, -0.05) is 40.7 Å². The number of anilines is 1. The number of hydrogen-bond acceptors (Lipinski definition) is 4. The Balaban J connectivity index is 1.90. The molecule has 1 amide bonds. The molecule has 0 fully saturated rings. The van der Waals surface area contributed by atoms with Gasteiger partial charge in [-0.3, -0.25) is 4.79 Å². The second-order valence-electron chi connectivity index (χ2n) is 5.85. The zero-order valence-electron chi connectivity index (χ0n) is 15.1. The van der Waals surface area contributed by atoms with E-state index in [4.69, 9.17) is 9.47 Å². The summed E-state index contributed by atoms with van der Waals surface area (Å²) < 4.78 is 11.8. The molecule has 138 valence electrons. The van der Waals surface area contributed by atoms with E-state index in [9.17, 15) is 4.79 Å². The van der Waals surface area contributed by atoms with Gasteiger partial charge in [0.25, 0.3) is 5.91 Å². The van der Waals surface area contributed by atoms with Crippen LogP contribution in [0.4, 0.5) is 5.69 Å². The van der Waals surface area contributed by atoms with Gasteiger partial charge in [-0.05, 0) is 48.9 Å². The minimum atomic E-state index is -0.170. The molecular weight excluding hydrogens is 408 g/mol. The Hall–Kier alpha value is -2.86. The largest absolute Gasteiger partial charge is 0.493 e. The third-order valence-electron chi connectivity index (χ3n) is 3.97. The molecule has 1 aliphatic heterocycles. The highest BCUT2D eigenvalue weighted by Gasteiger charge is 2.28. The van der Waals surface area contributed by atoms with Gasteiger partial charge in [0.2, 0.25) is 0 Å². The molecule has 1 heterocycles. The van der Waals surface area contributed by atoms with Gasteiger partial charge in [0.05, 0.1) is 24.1 Å². The zero-order chi connectivity index (χ0) is 19.4. The van der Waals surface area contributed by atoms with Gasteiger partial charge in [0, 0.05) is 4.47 Å². The molecule has 6 heteroatoms. The first kappa shape index (κ1) is 18.9. The van der Waals surface area contributed by atoms with E-state index in [1.165, 1.54) is 5.01 Å². The van der Waals surface area contributed by atoms with Crippen LogP contribution in [0, 0.1) is 0 Å². The molecule has 0 aromatic heterocycles. The lowest BCUT2D eigenvalue weighted by atomic mass is 10.1. The smallest absolute Gasteiger partial charge is 0.280 e. The Morgan fingerprint density at radius 3 is 2.74 bits per heavy atom. The predicted molar refractivity (Wildman–Crippen MR) is 111 cm³/mol. The number of hydrogen-bond donors (Lipinski definition) is 0. The van der Waals surface area contributed by atoms with E-state index >= 15 is 0 Å². The van der Waals surface area contributed by atoms with Crippen LogP contribution in [0.1, 0.15) is 12.5 Å². The minimum Gasteiger partial charge on any atom is -0.493 e. The van der Waals surface area contributed by atoms with Crippen LogP contribution in [0.3, 0.4) is 0 Å². The second kappa shape index (κ2) is 8.22. The molecule has 0 saturated heterocycles. The summed E-state index contributed by atoms with van der Waals surface area (Å²) in [5.74, 6) is 1.05. The molecule has 0 bridgehead atoms. The Labute approximate surface area is 166 Å². The zero-order valence-corrected chi connectivity index (χ0v) is 16.7. The number of methoxy groups -OCH3 is 1. The number of amides is 1. The average molecular weight is 427 g/mol. The maximum Gasteiger partial charge on any atom is 0.280 e. The van der Waals surface area contributed by atoms with Crippen molar-refractivity contribution in [2.75, 3.05) is 18.7 Å². The molecule has 3 rings (SSSR count). The maximum absolute atomic E-state index is 12.9. The molecule has 2 aromatic carbocycles. The van der Waals surface area contributed by atoms with Crippen LogP contribution >= 0.6 is 15.9 Å². The van der Waals surface area contributed by atoms with E-state index in [0.717, 1.165) is 10.0 Å². The molecule has 0 aliphatic carbocycles. The number of carbonyl (C=O) groups is 1. The molecule has 0 atom stereocenters. The first-order valence-corrected chi connectivity index (χ1v) is 9.12. The Bertz CT molecular complexity index is 950. The third kappa shape index (κ3) is 4.11. The van der Waals surface area contributed by atoms with Crippen molar-refractivity contribution in [1.82, 2.24) is 0 Å². The van der Waals surface area contributed by atoms with Crippen molar-refractivity contribution in [2.24, 2.45) is 5.10 Å². The predicted octanol–water partition coefficient (Wildman–Crippen LogP) is 4.83. The quantitative estimate of drug-likeness (QED) is 0.490. The van der Waals surface area contributed by atoms with Crippen molar-refractivity contribution >= 4 is 39.3 Å². The summed E-state index contributed by atoms with van der Waals surface area (Å²) in [6, 6.07) is 13.0. The molecule has 0 saturated carbocycles. The number of benzene rings is 2. The van der Waals surface area contributed by atoms with E-state index in [2.05, 4.69) is 27.6 Å². The summed E-state index contributed by atoms with van der Waals surface area (Å²) in [5, 5.41) is 5.81. The number of rotatable bonds is 6. The number of halogens is 1. The molecule has 1 aliphatic rings. The van der Waals surface area contributed by atoms with Crippen LogP contribution in [0.25, 0.3) is 6.08 Å². The van der Waals surface area contributed by atoms with Crippen LogP contribution in [0.15, 0.2) is 70.3 Å². The molecular formula is C21H19BrN2O3. The standard InChI is InChI=1S/C21H19BrN2O3/c1-4-10-27-19-9-8-15(12-20(19)26-3)11-18-14(2)23-24(21(18)25)17-7-5-6-16(22)13-17/h4-9,11-13H,1,10H2,2-3H3/b18-11+. The summed E-state index contributed by atoms with van der Waals surface area (Å²) >= 11 is 3.42. The highest BCUT2D eigenvalue weighted by molar-refractivity contribution is 9.10. The molecule has 0 spiro atoms. The topological polar surface area (TPSA) is 51.1 Å². The van der Waals surface area contributed by atoms with Crippen LogP contribution in [0.2, 0.25) is 0 Å². The number of carbonyl (C=O) groups excluding carboxylic acids is 1. The van der Waals surface area contributed by atoms with Crippen molar-refractivity contribution in [3.63, 3.8) is 0 Å². The summed E-state index contributed by atoms with van der Waals surface area (Å²) in [6.45, 7) is 5.85. The van der Waals surface area contributed by atoms with Gasteiger partial charge < -0.3 is 9.47 Å². The minimum absolute atomic E-state index is 0.170. The van der Waals surface area contributed by atoms with E-state index in [1.54, 1.807) is 19.3 Å². The lowest BCUT2D eigenvalue weighted by Crippen LogP contribution is -2.21. The lowest BCUT2D eigenvalue weighted by Gasteiger charge is -2.12. The third-order valence-corrected chi connectivity index (χ3v) is 4.46. The van der Waals surface area contributed by atoms with E-state index in [1.807, 2.05) is 49.4 Å². The lowest BCUT2D eigenvalue weighted by molar-refractivity contribution is -0.114. The van der Waals surface area contributed by atoms with Gasteiger partial charge in [-0.2, -0.15) is 10.1 Å². The van der Waals surface area contributed by atoms with Crippen molar-refractivity contribution in [3.05, 3.63) is 70.7 Å². The summed E-state index contributed by atoms with van der Waals surface area (Å²) in [5.41, 5.74) is 2.73. The van der Waals surface area contributed by atoms with Crippen molar-refractivity contribution < 1.29 is 14.3 Å². The summed E-state index contributed by atoms with van der Waals surface area (Å²) in [4.78, 5) is 12.9. The van der Waals surface area contributed by atoms with Gasteiger partial charge in [0.15, 0.2) is 11.5 Å². The van der Waals surface area contributed by atoms with Crippen LogP contribution in [-0.2, 0) is 4.79 Å². The summed E-state index contributed by atoms with van der Waals surface area (Å²) in [7, 11) is 1.58. The monoisotopic (exact) mass is 426 g/mol. The summed E-state index contributed by atoms with van der Waals surface area (Å²) in [6.07, 6.45) is 3.47. The van der Waals surface area contributed by atoms with E-state index in [-0.39, 0.29) is 5.91 Å². The molecule has 0 N–H and O–H groups in total. The van der Waals surface area contributed by atoms with Crippen LogP contribution in [-0.4, -0.2) is 25.3 Å². The Morgan fingerprint density at radius 2 is 2.04 bits per heavy atom. The van der Waals surface area contributed by atoms with E-state index in [0.29, 0.717) is 35.1 Å². The molecule has 0 radical (unpaired) electrons. The first-order valence-electron chi connectivity index (χ1n) is 8.32. The highest BCUT2D eigenvalue weighted by Crippen LogP contribution is 2.31. The van der Waals surface area contributed by atoms with Gasteiger partial charge in [0.1, 0.15) is 6.61 Å². The average Bonchev–Trinajstić information content (AvgIpc) is 2.95. The highest BCUT2D eigenvalue weighted by atomic mass is 79.9. The first-order chi connectivity index (χ1) is 13.0. The van der Waals surface area contributed by atoms with Crippen molar-refractivity contribution in [1.29, 1.82) is 0 Å². The van der Waals surface area contributed by atoms with Crippen molar-refractivity contribution in [2.45, 2.75) is 6.92 Å². The Morgan fingerprint density at radius 1 is 1.22 bits per heavy atom. The molecule has 5 nitrogen and oxygen atoms in total. The molecule has 2 aromatic rings. The molecule has 0 unspecified atom stereocenters. The van der Waals surface area contributed by atoms with Gasteiger partial charge in [-0.25, -0.2) is 0 Å². The fourth-order valence-corrected chi connectivity index (χ4v) is 3.06. The fourth-order valence-electron chi connectivity index (χ4n) is 2.68. The second-order valence-corrected chi connectivity index (χ2v) is 6.77. The van der Waals surface area contributed by atoms with E-state index < -0.39 is 0 Å². The normalized spacial score (nSPS) is 15.1. The van der Waals surface area contributed by atoms with Gasteiger partial charge in [-0.15, -0.1) is 0 Å². The maximum atomic E-state index is 12.9.